The van der Waals surface area contributed by atoms with Crippen molar-refractivity contribution in [3.63, 3.8) is 0 Å². The Bertz CT molecular complexity index is 268. The summed E-state index contributed by atoms with van der Waals surface area (Å²) >= 11 is 0. The first-order chi connectivity index (χ1) is 6.25. The fraction of sp³-hybridized carbons (Fsp3) is 0.800. The van der Waals surface area contributed by atoms with Crippen LogP contribution in [0.4, 0.5) is 0 Å². The van der Waals surface area contributed by atoms with Crippen molar-refractivity contribution in [2.45, 2.75) is 37.9 Å². The molecule has 3 nitrogen and oxygen atoms in total. The lowest BCUT2D eigenvalue weighted by molar-refractivity contribution is -0.146. The van der Waals surface area contributed by atoms with E-state index in [9.17, 15) is 9.59 Å². The third-order valence-electron chi connectivity index (χ3n) is 3.63. The van der Waals surface area contributed by atoms with Crippen LogP contribution in [0.15, 0.2) is 0 Å². The molecule has 2 bridgehead atoms. The molecule has 0 amide bonds. The molecular formula is C10H12O3. The largest absolute Gasteiger partial charge is 0.373 e. The van der Waals surface area contributed by atoms with Crippen LogP contribution in [0.25, 0.3) is 0 Å². The zero-order valence-electron chi connectivity index (χ0n) is 7.36. The molecule has 4 atom stereocenters. The molecule has 2 heterocycles. The number of hydrogen-bond acceptors (Lipinski definition) is 3. The lowest BCUT2D eigenvalue weighted by Crippen LogP contribution is -2.43. The van der Waals surface area contributed by atoms with Gasteiger partial charge in [-0.25, -0.2) is 0 Å². The Labute approximate surface area is 76.4 Å². The van der Waals surface area contributed by atoms with E-state index in [-0.39, 0.29) is 42.0 Å². The summed E-state index contributed by atoms with van der Waals surface area (Å²) in [5.41, 5.74) is 0. The molecule has 3 heteroatoms. The number of ether oxygens (including phenoxy) is 1. The van der Waals surface area contributed by atoms with Gasteiger partial charge in [0.05, 0.1) is 18.6 Å². The van der Waals surface area contributed by atoms with Crippen LogP contribution in [-0.4, -0.2) is 23.8 Å². The van der Waals surface area contributed by atoms with Crippen molar-refractivity contribution in [2.24, 2.45) is 11.8 Å². The van der Waals surface area contributed by atoms with E-state index in [4.69, 9.17) is 4.74 Å². The van der Waals surface area contributed by atoms with E-state index in [2.05, 4.69) is 0 Å². The van der Waals surface area contributed by atoms with Gasteiger partial charge in [0.2, 0.25) is 0 Å². The third-order valence-corrected chi connectivity index (χ3v) is 3.63. The molecule has 2 saturated heterocycles. The van der Waals surface area contributed by atoms with Crippen molar-refractivity contribution in [3.05, 3.63) is 0 Å². The van der Waals surface area contributed by atoms with Gasteiger partial charge in [0, 0.05) is 11.8 Å². The van der Waals surface area contributed by atoms with Crippen LogP contribution < -0.4 is 0 Å². The molecule has 4 unspecified atom stereocenters. The summed E-state index contributed by atoms with van der Waals surface area (Å²) in [5, 5.41) is 0. The van der Waals surface area contributed by atoms with E-state index >= 15 is 0 Å². The van der Waals surface area contributed by atoms with Gasteiger partial charge >= 0.3 is 0 Å². The molecule has 1 aliphatic carbocycles. The van der Waals surface area contributed by atoms with Crippen molar-refractivity contribution < 1.29 is 14.3 Å². The first kappa shape index (κ1) is 7.68. The summed E-state index contributed by atoms with van der Waals surface area (Å²) in [5.74, 6) is 0.332. The second-order valence-corrected chi connectivity index (χ2v) is 4.36. The van der Waals surface area contributed by atoms with Crippen molar-refractivity contribution in [1.82, 2.24) is 0 Å². The van der Waals surface area contributed by atoms with Gasteiger partial charge in [0.25, 0.3) is 0 Å². The van der Waals surface area contributed by atoms with Gasteiger partial charge in [-0.05, 0) is 19.3 Å². The molecule has 3 aliphatic rings. The SMILES string of the molecule is O=C1CC(=O)C2CC3CCC1C2O3. The van der Waals surface area contributed by atoms with Gasteiger partial charge in [-0.3, -0.25) is 9.59 Å². The van der Waals surface area contributed by atoms with Crippen LogP contribution in [0.2, 0.25) is 0 Å². The molecule has 0 aromatic heterocycles. The lowest BCUT2D eigenvalue weighted by Gasteiger charge is -2.33. The maximum Gasteiger partial charge on any atom is 0.146 e. The molecule has 13 heavy (non-hydrogen) atoms. The minimum atomic E-state index is -0.0486. The van der Waals surface area contributed by atoms with Crippen molar-refractivity contribution in [3.8, 4) is 0 Å². The molecular weight excluding hydrogens is 168 g/mol. The molecule has 1 saturated carbocycles. The number of carbonyl (C=O) groups excluding carboxylic acids is 2. The predicted molar refractivity (Wildman–Crippen MR) is 44.1 cm³/mol. The van der Waals surface area contributed by atoms with Crippen molar-refractivity contribution in [1.29, 1.82) is 0 Å². The monoisotopic (exact) mass is 180 g/mol. The molecule has 0 radical (unpaired) electrons. The summed E-state index contributed by atoms with van der Waals surface area (Å²) in [4.78, 5) is 23.0. The average Bonchev–Trinajstić information content (AvgIpc) is 2.45. The maximum absolute atomic E-state index is 11.5. The van der Waals surface area contributed by atoms with Crippen LogP contribution in [-0.2, 0) is 14.3 Å². The third kappa shape index (κ3) is 0.937. The minimum Gasteiger partial charge on any atom is -0.373 e. The van der Waals surface area contributed by atoms with Crippen LogP contribution >= 0.6 is 0 Å². The van der Waals surface area contributed by atoms with Crippen molar-refractivity contribution >= 4 is 11.6 Å². The lowest BCUT2D eigenvalue weighted by atomic mass is 9.77. The second-order valence-electron chi connectivity index (χ2n) is 4.36. The van der Waals surface area contributed by atoms with Crippen LogP contribution in [0, 0.1) is 11.8 Å². The van der Waals surface area contributed by atoms with Gasteiger partial charge in [0.15, 0.2) is 0 Å². The van der Waals surface area contributed by atoms with Gasteiger partial charge < -0.3 is 4.74 Å². The number of fused-ring (bicyclic) bond motifs is 1. The Kier molecular flexibility index (Phi) is 1.42. The number of Topliss-reactive ketones (excluding diaryl/α,β-unsaturated/α-hetero) is 2. The van der Waals surface area contributed by atoms with Crippen LogP contribution in [0.5, 0.6) is 0 Å². The molecule has 0 N–H and O–H groups in total. The Morgan fingerprint density at radius 2 is 1.85 bits per heavy atom. The minimum absolute atomic E-state index is 0.0430. The van der Waals surface area contributed by atoms with Gasteiger partial charge in [-0.1, -0.05) is 0 Å². The van der Waals surface area contributed by atoms with Crippen molar-refractivity contribution in [2.75, 3.05) is 0 Å². The zero-order chi connectivity index (χ0) is 9.00. The summed E-state index contributed by atoms with van der Waals surface area (Å²) in [6, 6.07) is 0. The highest BCUT2D eigenvalue weighted by atomic mass is 16.5. The molecule has 0 spiro atoms. The summed E-state index contributed by atoms with van der Waals surface area (Å²) < 4.78 is 5.66. The maximum atomic E-state index is 11.5. The van der Waals surface area contributed by atoms with E-state index in [1.165, 1.54) is 0 Å². The normalized spacial score (nSPS) is 48.3. The quantitative estimate of drug-likeness (QED) is 0.516. The van der Waals surface area contributed by atoms with Crippen LogP contribution in [0.3, 0.4) is 0 Å². The van der Waals surface area contributed by atoms with E-state index in [1.807, 2.05) is 0 Å². The highest BCUT2D eigenvalue weighted by Gasteiger charge is 2.52. The molecule has 0 aromatic carbocycles. The molecule has 0 aromatic rings. The molecule has 2 aliphatic heterocycles. The molecule has 3 rings (SSSR count). The van der Waals surface area contributed by atoms with Crippen LogP contribution in [0.1, 0.15) is 25.7 Å². The summed E-state index contributed by atoms with van der Waals surface area (Å²) in [6.45, 7) is 0. The molecule has 3 fully saturated rings. The zero-order valence-corrected chi connectivity index (χ0v) is 7.36. The number of carbonyl (C=O) groups is 2. The number of ketones is 2. The first-order valence-electron chi connectivity index (χ1n) is 4.96. The fourth-order valence-electron chi connectivity index (χ4n) is 2.97. The number of rotatable bonds is 0. The topological polar surface area (TPSA) is 43.4 Å². The van der Waals surface area contributed by atoms with Gasteiger partial charge in [0.1, 0.15) is 11.6 Å². The highest BCUT2D eigenvalue weighted by molar-refractivity contribution is 6.04. The average molecular weight is 180 g/mol. The highest BCUT2D eigenvalue weighted by Crippen LogP contribution is 2.44. The van der Waals surface area contributed by atoms with E-state index < -0.39 is 0 Å². The predicted octanol–water partition coefficient (Wildman–Crippen LogP) is 0.712. The summed E-state index contributed by atoms with van der Waals surface area (Å²) in [6.07, 6.45) is 3.16. The van der Waals surface area contributed by atoms with E-state index in [0.717, 1.165) is 19.3 Å². The Morgan fingerprint density at radius 3 is 2.69 bits per heavy atom. The Hall–Kier alpha value is -0.700. The number of hydrogen-bond donors (Lipinski definition) is 0. The smallest absolute Gasteiger partial charge is 0.146 e. The Balaban J connectivity index is 1.99. The second kappa shape index (κ2) is 2.41. The molecule has 70 valence electrons. The van der Waals surface area contributed by atoms with E-state index in [1.54, 1.807) is 0 Å². The fourth-order valence-corrected chi connectivity index (χ4v) is 2.97. The Morgan fingerprint density at radius 1 is 1.08 bits per heavy atom. The first-order valence-corrected chi connectivity index (χ1v) is 4.96. The summed E-state index contributed by atoms with van der Waals surface area (Å²) in [7, 11) is 0. The van der Waals surface area contributed by atoms with Gasteiger partial charge in [-0.15, -0.1) is 0 Å². The van der Waals surface area contributed by atoms with E-state index in [0.29, 0.717) is 0 Å². The van der Waals surface area contributed by atoms with Gasteiger partial charge in [-0.2, -0.15) is 0 Å². The standard InChI is InChI=1S/C10H12O3/c11-8-4-9(12)7-3-5-1-2-6(8)10(7)13-5/h5-7,10H,1-4H2.